The lowest BCUT2D eigenvalue weighted by Crippen LogP contribution is -2.60. The number of likely N-dealkylation sites (tertiary alicyclic amines) is 1. The molecule has 1 rings (SSSR count). The van der Waals surface area contributed by atoms with Crippen LogP contribution in [0, 0.1) is 0 Å². The van der Waals surface area contributed by atoms with Crippen LogP contribution in [0.5, 0.6) is 0 Å². The van der Waals surface area contributed by atoms with E-state index in [0.29, 0.717) is 0 Å². The molecule has 1 heterocycles. The molecule has 0 spiro atoms. The van der Waals surface area contributed by atoms with Crippen molar-refractivity contribution in [1.82, 2.24) is 10.3 Å². The molecule has 1 saturated heterocycles. The minimum atomic E-state index is 0.108. The Bertz CT molecular complexity index is 221. The van der Waals surface area contributed by atoms with Crippen molar-refractivity contribution in [2.45, 2.75) is 51.6 Å². The van der Waals surface area contributed by atoms with E-state index in [1.54, 1.807) is 0 Å². The average Bonchev–Trinajstić information content (AvgIpc) is 2.71. The molecular formula is C12H25N3. The van der Waals surface area contributed by atoms with Gasteiger partial charge in [-0.25, -0.2) is 0 Å². The van der Waals surface area contributed by atoms with E-state index in [-0.39, 0.29) is 11.6 Å². The van der Waals surface area contributed by atoms with Crippen molar-refractivity contribution in [3.63, 3.8) is 0 Å². The maximum Gasteiger partial charge on any atom is 0.0595 e. The largest absolute Gasteiger partial charge is 0.296 e. The van der Waals surface area contributed by atoms with Gasteiger partial charge in [-0.1, -0.05) is 19.1 Å². The number of rotatable bonds is 5. The SMILES string of the molecule is C=C(C)C(NN)C(C)(CC)N1CCCC1. The van der Waals surface area contributed by atoms with Gasteiger partial charge in [-0.3, -0.25) is 16.2 Å². The Morgan fingerprint density at radius 1 is 1.53 bits per heavy atom. The van der Waals surface area contributed by atoms with Gasteiger partial charge in [0.05, 0.1) is 6.04 Å². The molecule has 1 aliphatic rings. The van der Waals surface area contributed by atoms with Crippen LogP contribution in [0.1, 0.15) is 40.0 Å². The Hall–Kier alpha value is -0.380. The zero-order chi connectivity index (χ0) is 11.5. The molecule has 0 aromatic rings. The minimum absolute atomic E-state index is 0.108. The zero-order valence-electron chi connectivity index (χ0n) is 10.3. The van der Waals surface area contributed by atoms with Gasteiger partial charge in [-0.2, -0.15) is 0 Å². The lowest BCUT2D eigenvalue weighted by molar-refractivity contribution is 0.0979. The predicted molar refractivity (Wildman–Crippen MR) is 65.4 cm³/mol. The van der Waals surface area contributed by atoms with Crippen LogP contribution in [0.4, 0.5) is 0 Å². The van der Waals surface area contributed by atoms with Gasteiger partial charge in [0.2, 0.25) is 0 Å². The second-order valence-electron chi connectivity index (χ2n) is 4.85. The standard InChI is InChI=1S/C12H25N3/c1-5-12(4,11(14-13)10(2)3)15-8-6-7-9-15/h11,14H,2,5-9,13H2,1,3-4H3. The molecule has 0 amide bonds. The highest BCUT2D eigenvalue weighted by atomic mass is 15.3. The summed E-state index contributed by atoms with van der Waals surface area (Å²) in [6, 6.07) is 0.181. The van der Waals surface area contributed by atoms with Gasteiger partial charge in [0.1, 0.15) is 0 Å². The van der Waals surface area contributed by atoms with Gasteiger partial charge in [-0.05, 0) is 46.2 Å². The first-order valence-corrected chi connectivity index (χ1v) is 5.92. The first kappa shape index (κ1) is 12.7. The van der Waals surface area contributed by atoms with Crippen molar-refractivity contribution < 1.29 is 0 Å². The fraction of sp³-hybridized carbons (Fsp3) is 0.833. The van der Waals surface area contributed by atoms with E-state index >= 15 is 0 Å². The highest BCUT2D eigenvalue weighted by Crippen LogP contribution is 2.30. The summed E-state index contributed by atoms with van der Waals surface area (Å²) in [5.74, 6) is 5.67. The van der Waals surface area contributed by atoms with E-state index in [1.807, 2.05) is 0 Å². The molecule has 0 aromatic heterocycles. The smallest absolute Gasteiger partial charge is 0.0595 e. The average molecular weight is 211 g/mol. The van der Waals surface area contributed by atoms with E-state index in [2.05, 4.69) is 37.7 Å². The summed E-state index contributed by atoms with van der Waals surface area (Å²) >= 11 is 0. The van der Waals surface area contributed by atoms with Gasteiger partial charge in [0, 0.05) is 5.54 Å². The van der Waals surface area contributed by atoms with Crippen LogP contribution in [-0.2, 0) is 0 Å². The number of hydrazine groups is 1. The molecule has 1 aliphatic heterocycles. The van der Waals surface area contributed by atoms with Crippen LogP contribution in [0.3, 0.4) is 0 Å². The normalized spacial score (nSPS) is 23.7. The molecule has 0 bridgehead atoms. The van der Waals surface area contributed by atoms with Crippen molar-refractivity contribution in [2.75, 3.05) is 13.1 Å². The van der Waals surface area contributed by atoms with Gasteiger partial charge in [0.25, 0.3) is 0 Å². The molecule has 88 valence electrons. The topological polar surface area (TPSA) is 41.3 Å². The van der Waals surface area contributed by atoms with E-state index < -0.39 is 0 Å². The second kappa shape index (κ2) is 5.10. The zero-order valence-corrected chi connectivity index (χ0v) is 10.3. The highest BCUT2D eigenvalue weighted by molar-refractivity contribution is 5.13. The van der Waals surface area contributed by atoms with Crippen molar-refractivity contribution >= 4 is 0 Å². The van der Waals surface area contributed by atoms with E-state index in [9.17, 15) is 0 Å². The molecule has 3 nitrogen and oxygen atoms in total. The van der Waals surface area contributed by atoms with Crippen molar-refractivity contribution in [3.8, 4) is 0 Å². The number of nitrogens with one attached hydrogen (secondary N) is 1. The van der Waals surface area contributed by atoms with Crippen LogP contribution in [0.2, 0.25) is 0 Å². The molecule has 2 atom stereocenters. The van der Waals surface area contributed by atoms with Gasteiger partial charge in [0.15, 0.2) is 0 Å². The number of hydrogen-bond donors (Lipinski definition) is 2. The molecule has 0 radical (unpaired) electrons. The summed E-state index contributed by atoms with van der Waals surface area (Å²) in [6.07, 6.45) is 3.71. The number of hydrogen-bond acceptors (Lipinski definition) is 3. The predicted octanol–water partition coefficient (Wildman–Crippen LogP) is 1.66. The van der Waals surface area contributed by atoms with Gasteiger partial charge in [-0.15, -0.1) is 0 Å². The Morgan fingerprint density at radius 3 is 2.40 bits per heavy atom. The van der Waals surface area contributed by atoms with Crippen LogP contribution >= 0.6 is 0 Å². The Balaban J connectivity index is 2.85. The molecule has 1 fully saturated rings. The summed E-state index contributed by atoms with van der Waals surface area (Å²) in [5, 5.41) is 0. The third-order valence-corrected chi connectivity index (χ3v) is 3.83. The Kier molecular flexibility index (Phi) is 4.32. The molecule has 0 aromatic carbocycles. The summed E-state index contributed by atoms with van der Waals surface area (Å²) in [6.45, 7) is 13.0. The molecule has 0 aliphatic carbocycles. The van der Waals surface area contributed by atoms with Crippen molar-refractivity contribution in [2.24, 2.45) is 5.84 Å². The quantitative estimate of drug-likeness (QED) is 0.413. The minimum Gasteiger partial charge on any atom is -0.296 e. The highest BCUT2D eigenvalue weighted by Gasteiger charge is 2.39. The molecule has 0 saturated carbocycles. The van der Waals surface area contributed by atoms with Crippen LogP contribution in [-0.4, -0.2) is 29.6 Å². The van der Waals surface area contributed by atoms with Crippen LogP contribution < -0.4 is 11.3 Å². The van der Waals surface area contributed by atoms with Crippen LogP contribution in [0.15, 0.2) is 12.2 Å². The maximum atomic E-state index is 5.67. The van der Waals surface area contributed by atoms with E-state index in [0.717, 1.165) is 12.0 Å². The molecule has 3 N–H and O–H groups in total. The third kappa shape index (κ3) is 2.41. The third-order valence-electron chi connectivity index (χ3n) is 3.83. The monoisotopic (exact) mass is 211 g/mol. The summed E-state index contributed by atoms with van der Waals surface area (Å²) < 4.78 is 0. The summed E-state index contributed by atoms with van der Waals surface area (Å²) in [4.78, 5) is 2.55. The lowest BCUT2D eigenvalue weighted by Gasteiger charge is -2.44. The van der Waals surface area contributed by atoms with E-state index in [4.69, 9.17) is 5.84 Å². The maximum absolute atomic E-state index is 5.67. The number of nitrogens with two attached hydrogens (primary N) is 1. The summed E-state index contributed by atoms with van der Waals surface area (Å²) in [5.41, 5.74) is 4.16. The van der Waals surface area contributed by atoms with Gasteiger partial charge < -0.3 is 0 Å². The Labute approximate surface area is 93.7 Å². The Morgan fingerprint density at radius 2 is 2.07 bits per heavy atom. The molecule has 2 unspecified atom stereocenters. The van der Waals surface area contributed by atoms with Crippen molar-refractivity contribution in [3.05, 3.63) is 12.2 Å². The van der Waals surface area contributed by atoms with E-state index in [1.165, 1.54) is 25.9 Å². The molecule has 15 heavy (non-hydrogen) atoms. The fourth-order valence-electron chi connectivity index (χ4n) is 2.69. The number of nitrogens with zero attached hydrogens (tertiary/aromatic N) is 1. The van der Waals surface area contributed by atoms with Gasteiger partial charge >= 0.3 is 0 Å². The second-order valence-corrected chi connectivity index (χ2v) is 4.85. The fourth-order valence-corrected chi connectivity index (χ4v) is 2.69. The first-order chi connectivity index (χ1) is 7.06. The molecule has 3 heteroatoms. The van der Waals surface area contributed by atoms with Crippen molar-refractivity contribution in [1.29, 1.82) is 0 Å². The first-order valence-electron chi connectivity index (χ1n) is 5.92. The lowest BCUT2D eigenvalue weighted by atomic mass is 9.84. The van der Waals surface area contributed by atoms with Crippen LogP contribution in [0.25, 0.3) is 0 Å². The summed E-state index contributed by atoms with van der Waals surface area (Å²) in [7, 11) is 0. The molecular weight excluding hydrogens is 186 g/mol.